The van der Waals surface area contributed by atoms with Gasteiger partial charge in [0.25, 0.3) is 0 Å². The summed E-state index contributed by atoms with van der Waals surface area (Å²) in [5.41, 5.74) is 1.02. The number of nitrogens with zero attached hydrogens (tertiary/aromatic N) is 1. The van der Waals surface area contributed by atoms with Gasteiger partial charge in [-0.1, -0.05) is 31.4 Å². The first-order valence-electron chi connectivity index (χ1n) is 10.2. The summed E-state index contributed by atoms with van der Waals surface area (Å²) in [4.78, 5) is 37.4. The van der Waals surface area contributed by atoms with Crippen LogP contribution >= 0.6 is 0 Å². The Morgan fingerprint density at radius 1 is 0.893 bits per heavy atom. The Morgan fingerprint density at radius 2 is 1.46 bits per heavy atom. The molecule has 152 valence electrons. The number of rotatable bonds is 5. The Bertz CT molecular complexity index is 690. The molecule has 0 aromatic heterocycles. The lowest BCUT2D eigenvalue weighted by atomic mass is 9.96. The van der Waals surface area contributed by atoms with Crippen LogP contribution < -0.4 is 10.6 Å². The van der Waals surface area contributed by atoms with Crippen molar-refractivity contribution in [2.45, 2.75) is 63.5 Å². The number of hydrogen-bond donors (Lipinski definition) is 3. The van der Waals surface area contributed by atoms with E-state index in [0.717, 1.165) is 31.2 Å². The quantitative estimate of drug-likeness (QED) is 0.723. The van der Waals surface area contributed by atoms with Gasteiger partial charge in [0, 0.05) is 25.2 Å². The summed E-state index contributed by atoms with van der Waals surface area (Å²) in [5, 5.41) is 15.1. The van der Waals surface area contributed by atoms with Crippen LogP contribution in [0, 0.1) is 0 Å². The molecule has 1 aliphatic heterocycles. The summed E-state index contributed by atoms with van der Waals surface area (Å²) in [6, 6.07) is 6.72. The highest BCUT2D eigenvalue weighted by atomic mass is 16.4. The van der Waals surface area contributed by atoms with Gasteiger partial charge in [0.15, 0.2) is 0 Å². The second-order valence-electron chi connectivity index (χ2n) is 7.79. The molecule has 1 aliphatic carbocycles. The van der Waals surface area contributed by atoms with Crippen molar-refractivity contribution in [3.8, 4) is 0 Å². The van der Waals surface area contributed by atoms with Crippen LogP contribution in [0.5, 0.6) is 0 Å². The van der Waals surface area contributed by atoms with E-state index in [1.165, 1.54) is 31.4 Å². The van der Waals surface area contributed by atoms with Gasteiger partial charge in [0.1, 0.15) is 0 Å². The van der Waals surface area contributed by atoms with E-state index in [-0.39, 0.29) is 30.0 Å². The average molecular weight is 387 g/mol. The molecular formula is C21H29N3O4. The first-order valence-corrected chi connectivity index (χ1v) is 10.2. The lowest BCUT2D eigenvalue weighted by molar-refractivity contribution is -0.131. The number of carbonyl (C=O) groups is 3. The number of urea groups is 1. The Hall–Kier alpha value is -2.57. The normalized spacial score (nSPS) is 18.5. The molecule has 0 atom stereocenters. The lowest BCUT2D eigenvalue weighted by Gasteiger charge is -2.33. The molecule has 7 nitrogen and oxygen atoms in total. The van der Waals surface area contributed by atoms with Crippen LogP contribution in [0.25, 0.3) is 0 Å². The fourth-order valence-corrected chi connectivity index (χ4v) is 3.98. The van der Waals surface area contributed by atoms with E-state index in [9.17, 15) is 14.4 Å². The van der Waals surface area contributed by atoms with Crippen molar-refractivity contribution in [1.29, 1.82) is 0 Å². The number of carbonyl (C=O) groups excluding carboxylic acids is 2. The van der Waals surface area contributed by atoms with Crippen molar-refractivity contribution in [2.24, 2.45) is 0 Å². The van der Waals surface area contributed by atoms with E-state index in [4.69, 9.17) is 5.11 Å². The Balaban J connectivity index is 1.39. The van der Waals surface area contributed by atoms with Gasteiger partial charge in [-0.3, -0.25) is 4.79 Å². The van der Waals surface area contributed by atoms with Gasteiger partial charge in [-0.2, -0.15) is 0 Å². The first kappa shape index (κ1) is 20.2. The van der Waals surface area contributed by atoms with Crippen molar-refractivity contribution in [3.05, 3.63) is 35.4 Å². The van der Waals surface area contributed by atoms with Crippen molar-refractivity contribution >= 4 is 17.9 Å². The molecule has 0 spiro atoms. The molecule has 0 unspecified atom stereocenters. The monoisotopic (exact) mass is 387 g/mol. The van der Waals surface area contributed by atoms with E-state index >= 15 is 0 Å². The lowest BCUT2D eigenvalue weighted by Crippen LogP contribution is -2.51. The fraction of sp³-hybridized carbons (Fsp3) is 0.571. The SMILES string of the molecule is O=C(NC1CCCCC1)NC1CCN(C(=O)Cc2ccc(C(=O)O)cc2)CC1. The van der Waals surface area contributed by atoms with Crippen LogP contribution in [0.3, 0.4) is 0 Å². The van der Waals surface area contributed by atoms with Gasteiger partial charge in [-0.25, -0.2) is 9.59 Å². The standard InChI is InChI=1S/C21H29N3O4/c25-19(14-15-6-8-16(9-7-15)20(26)27)24-12-10-18(11-13-24)23-21(28)22-17-4-2-1-3-5-17/h6-9,17-18H,1-5,10-14H2,(H,26,27)(H2,22,23,28). The highest BCUT2D eigenvalue weighted by molar-refractivity contribution is 5.87. The summed E-state index contributed by atoms with van der Waals surface area (Å²) >= 11 is 0. The number of benzene rings is 1. The summed E-state index contributed by atoms with van der Waals surface area (Å²) in [5.74, 6) is -0.937. The van der Waals surface area contributed by atoms with Crippen molar-refractivity contribution < 1.29 is 19.5 Å². The fourth-order valence-electron chi connectivity index (χ4n) is 3.98. The summed E-state index contributed by atoms with van der Waals surface area (Å²) in [6.45, 7) is 1.25. The predicted octanol–water partition coefficient (Wildman–Crippen LogP) is 2.55. The number of hydrogen-bond acceptors (Lipinski definition) is 3. The van der Waals surface area contributed by atoms with E-state index in [2.05, 4.69) is 10.6 Å². The third kappa shape index (κ3) is 5.71. The molecule has 1 aromatic rings. The summed E-state index contributed by atoms with van der Waals surface area (Å²) in [7, 11) is 0. The molecule has 7 heteroatoms. The first-order chi connectivity index (χ1) is 13.5. The van der Waals surface area contributed by atoms with Crippen LogP contribution in [-0.2, 0) is 11.2 Å². The minimum absolute atomic E-state index is 0.0354. The topological polar surface area (TPSA) is 98.7 Å². The maximum Gasteiger partial charge on any atom is 0.335 e. The minimum Gasteiger partial charge on any atom is -0.478 e. The summed E-state index contributed by atoms with van der Waals surface area (Å²) < 4.78 is 0. The molecular weight excluding hydrogens is 358 g/mol. The molecule has 3 N–H and O–H groups in total. The maximum atomic E-state index is 12.5. The van der Waals surface area contributed by atoms with Crippen LogP contribution in [-0.4, -0.2) is 53.1 Å². The largest absolute Gasteiger partial charge is 0.478 e. The molecule has 2 aliphatic rings. The van der Waals surface area contributed by atoms with E-state index in [0.29, 0.717) is 19.1 Å². The van der Waals surface area contributed by atoms with Crippen molar-refractivity contribution in [3.63, 3.8) is 0 Å². The van der Waals surface area contributed by atoms with Gasteiger partial charge in [-0.05, 0) is 43.4 Å². The van der Waals surface area contributed by atoms with Gasteiger partial charge in [0.2, 0.25) is 5.91 Å². The molecule has 1 heterocycles. The number of piperidine rings is 1. The van der Waals surface area contributed by atoms with E-state index in [1.54, 1.807) is 12.1 Å². The van der Waals surface area contributed by atoms with Crippen molar-refractivity contribution in [2.75, 3.05) is 13.1 Å². The number of carboxylic acids is 1. The second kappa shape index (κ2) is 9.57. The molecule has 28 heavy (non-hydrogen) atoms. The molecule has 1 saturated carbocycles. The molecule has 2 fully saturated rings. The van der Waals surface area contributed by atoms with Gasteiger partial charge >= 0.3 is 12.0 Å². The zero-order valence-corrected chi connectivity index (χ0v) is 16.2. The number of nitrogens with one attached hydrogen (secondary N) is 2. The van der Waals surface area contributed by atoms with Crippen LogP contribution in [0.4, 0.5) is 4.79 Å². The van der Waals surface area contributed by atoms with Crippen LogP contribution in [0.2, 0.25) is 0 Å². The van der Waals surface area contributed by atoms with Crippen LogP contribution in [0.1, 0.15) is 60.9 Å². The molecule has 3 amide bonds. The molecule has 0 radical (unpaired) electrons. The van der Waals surface area contributed by atoms with Gasteiger partial charge < -0.3 is 20.6 Å². The van der Waals surface area contributed by atoms with Gasteiger partial charge in [0.05, 0.1) is 12.0 Å². The highest BCUT2D eigenvalue weighted by Crippen LogP contribution is 2.18. The van der Waals surface area contributed by atoms with Crippen LogP contribution in [0.15, 0.2) is 24.3 Å². The second-order valence-corrected chi connectivity index (χ2v) is 7.79. The van der Waals surface area contributed by atoms with Crippen molar-refractivity contribution in [1.82, 2.24) is 15.5 Å². The minimum atomic E-state index is -0.972. The molecule has 1 aromatic carbocycles. The number of amides is 3. The Kier molecular flexibility index (Phi) is 6.90. The average Bonchev–Trinajstić information content (AvgIpc) is 2.69. The van der Waals surface area contributed by atoms with Gasteiger partial charge in [-0.15, -0.1) is 0 Å². The third-order valence-electron chi connectivity index (χ3n) is 5.68. The molecule has 3 rings (SSSR count). The zero-order chi connectivity index (χ0) is 19.9. The summed E-state index contributed by atoms with van der Waals surface area (Å²) in [6.07, 6.45) is 7.52. The maximum absolute atomic E-state index is 12.5. The number of carboxylic acid groups (broad SMARTS) is 1. The number of aromatic carboxylic acids is 1. The third-order valence-corrected chi connectivity index (χ3v) is 5.68. The zero-order valence-electron chi connectivity index (χ0n) is 16.2. The molecule has 1 saturated heterocycles. The van der Waals surface area contributed by atoms with E-state index < -0.39 is 5.97 Å². The Labute approximate surface area is 165 Å². The smallest absolute Gasteiger partial charge is 0.335 e. The highest BCUT2D eigenvalue weighted by Gasteiger charge is 2.25. The number of likely N-dealkylation sites (tertiary alicyclic amines) is 1. The van der Waals surface area contributed by atoms with E-state index in [1.807, 2.05) is 4.90 Å². The molecule has 0 bridgehead atoms. The Morgan fingerprint density at radius 3 is 2.04 bits per heavy atom. The predicted molar refractivity (Wildman–Crippen MR) is 105 cm³/mol.